The Labute approximate surface area is 176 Å². The van der Waals surface area contributed by atoms with E-state index in [-0.39, 0.29) is 30.1 Å². The Kier molecular flexibility index (Phi) is 5.08. The van der Waals surface area contributed by atoms with E-state index < -0.39 is 18.6 Å². The van der Waals surface area contributed by atoms with Crippen LogP contribution in [-0.4, -0.2) is 51.9 Å². The van der Waals surface area contributed by atoms with Gasteiger partial charge in [-0.05, 0) is 35.7 Å². The van der Waals surface area contributed by atoms with Crippen molar-refractivity contribution in [1.29, 1.82) is 0 Å². The first-order valence-corrected chi connectivity index (χ1v) is 9.48. The fraction of sp³-hybridized carbons (Fsp3) is 0.286. The first-order chi connectivity index (χ1) is 14.7. The predicted octanol–water partition coefficient (Wildman–Crippen LogP) is 3.30. The van der Waals surface area contributed by atoms with Gasteiger partial charge >= 0.3 is 6.18 Å². The Morgan fingerprint density at radius 3 is 2.58 bits per heavy atom. The van der Waals surface area contributed by atoms with Gasteiger partial charge in [0.05, 0.1) is 18.9 Å². The first-order valence-electron chi connectivity index (χ1n) is 9.48. The number of halogens is 3. The number of pyridine rings is 1. The average Bonchev–Trinajstić information content (AvgIpc) is 3.15. The summed E-state index contributed by atoms with van der Waals surface area (Å²) >= 11 is 0. The number of carbonyl (C=O) groups excluding carboxylic acids is 1. The van der Waals surface area contributed by atoms with Crippen LogP contribution in [0.4, 0.5) is 19.0 Å². The van der Waals surface area contributed by atoms with Crippen LogP contribution in [0.25, 0.3) is 22.3 Å². The maximum atomic E-state index is 12.8. The molecule has 3 aromatic rings. The Morgan fingerprint density at radius 1 is 1.16 bits per heavy atom. The summed E-state index contributed by atoms with van der Waals surface area (Å²) in [6, 6.07) is 5.23. The van der Waals surface area contributed by atoms with Crippen molar-refractivity contribution >= 4 is 11.7 Å². The normalized spacial score (nSPS) is 14.0. The molecule has 1 aromatic carbocycles. The molecule has 0 radical (unpaired) electrons. The molecule has 0 bridgehead atoms. The third kappa shape index (κ3) is 4.05. The van der Waals surface area contributed by atoms with Crippen LogP contribution in [0.2, 0.25) is 0 Å². The van der Waals surface area contributed by atoms with E-state index in [0.29, 0.717) is 16.7 Å². The number of nitrogens with two attached hydrogens (primary N) is 1. The Balaban J connectivity index is 1.77. The zero-order valence-corrected chi connectivity index (χ0v) is 16.9. The molecule has 1 aliphatic rings. The van der Waals surface area contributed by atoms with E-state index in [1.165, 1.54) is 7.11 Å². The van der Waals surface area contributed by atoms with Gasteiger partial charge in [-0.3, -0.25) is 9.48 Å². The van der Waals surface area contributed by atoms with Gasteiger partial charge in [-0.1, -0.05) is 0 Å². The van der Waals surface area contributed by atoms with Crippen LogP contribution in [-0.2, 0) is 13.5 Å². The summed E-state index contributed by atoms with van der Waals surface area (Å²) in [4.78, 5) is 17.8. The summed E-state index contributed by atoms with van der Waals surface area (Å²) in [6.07, 6.45) is 1.00. The maximum Gasteiger partial charge on any atom is 0.406 e. The number of rotatable bonds is 4. The lowest BCUT2D eigenvalue weighted by Gasteiger charge is -2.30. The number of methoxy groups -OCH3 is 1. The summed E-state index contributed by atoms with van der Waals surface area (Å²) in [7, 11) is 3.19. The van der Waals surface area contributed by atoms with Crippen molar-refractivity contribution in [2.24, 2.45) is 7.05 Å². The minimum atomic E-state index is -4.47. The number of hydrogen-bond donors (Lipinski definition) is 1. The molecule has 0 saturated carbocycles. The average molecular weight is 431 g/mol. The molecule has 0 atom stereocenters. The fourth-order valence-electron chi connectivity index (χ4n) is 3.75. The lowest BCUT2D eigenvalue weighted by atomic mass is 9.92. The van der Waals surface area contributed by atoms with Crippen LogP contribution in [0.1, 0.15) is 15.9 Å². The van der Waals surface area contributed by atoms with Crippen LogP contribution >= 0.6 is 0 Å². The van der Waals surface area contributed by atoms with Crippen LogP contribution < -0.4 is 10.5 Å². The van der Waals surface area contributed by atoms with Gasteiger partial charge in [-0.25, -0.2) is 4.98 Å². The van der Waals surface area contributed by atoms with Crippen molar-refractivity contribution in [2.75, 3.05) is 25.9 Å². The molecule has 0 spiro atoms. The Hall–Kier alpha value is -3.56. The van der Waals surface area contributed by atoms with E-state index >= 15 is 0 Å². The molecular formula is C21H20F3N5O2. The highest BCUT2D eigenvalue weighted by molar-refractivity contribution is 6.00. The summed E-state index contributed by atoms with van der Waals surface area (Å²) in [6.45, 7) is -1.32. The molecule has 1 amide bonds. The van der Waals surface area contributed by atoms with E-state index in [0.717, 1.165) is 16.0 Å². The number of nitrogens with zero attached hydrogens (tertiary/aromatic N) is 4. The van der Waals surface area contributed by atoms with Gasteiger partial charge in [-0.2, -0.15) is 18.3 Å². The molecule has 0 saturated heterocycles. The molecule has 10 heteroatoms. The van der Waals surface area contributed by atoms with Crippen LogP contribution in [0.15, 0.2) is 36.8 Å². The second-order valence-corrected chi connectivity index (χ2v) is 7.36. The van der Waals surface area contributed by atoms with Gasteiger partial charge in [0.2, 0.25) is 0 Å². The largest absolute Gasteiger partial charge is 0.496 e. The second kappa shape index (κ2) is 7.60. The summed E-state index contributed by atoms with van der Waals surface area (Å²) < 4.78 is 45.5. The molecule has 0 unspecified atom stereocenters. The number of aromatic nitrogens is 3. The minimum absolute atomic E-state index is 0.0264. The molecule has 0 fully saturated rings. The van der Waals surface area contributed by atoms with Crippen molar-refractivity contribution in [2.45, 2.75) is 12.6 Å². The highest BCUT2D eigenvalue weighted by Gasteiger charge is 2.37. The Bertz CT molecular complexity index is 1140. The van der Waals surface area contributed by atoms with Crippen LogP contribution in [0.3, 0.4) is 0 Å². The zero-order chi connectivity index (χ0) is 22.3. The summed E-state index contributed by atoms with van der Waals surface area (Å²) in [5.41, 5.74) is 9.85. The topological polar surface area (TPSA) is 86.3 Å². The quantitative estimate of drug-likeness (QED) is 0.685. The number of ether oxygens (including phenoxy) is 1. The highest BCUT2D eigenvalue weighted by Crippen LogP contribution is 2.37. The number of aryl methyl sites for hydroxylation is 1. The monoisotopic (exact) mass is 431 g/mol. The number of benzene rings is 1. The van der Waals surface area contributed by atoms with E-state index in [1.54, 1.807) is 29.2 Å². The molecule has 162 valence electrons. The first kappa shape index (κ1) is 20.7. The van der Waals surface area contributed by atoms with Gasteiger partial charge in [-0.15, -0.1) is 0 Å². The standard InChI is InChI=1S/C21H20F3N5O2/c1-28-10-15(9-27-28)14-6-16(19(25)26-8-14)13-5-12-3-4-29(11-21(22,23)24)20(30)18(12)17(7-13)31-2/h5-10H,3-4,11H2,1-2H3,(H2,25,26). The number of hydrogen-bond acceptors (Lipinski definition) is 5. The molecule has 2 aromatic heterocycles. The fourth-order valence-corrected chi connectivity index (χ4v) is 3.75. The SMILES string of the molecule is COc1cc(-c2cc(-c3cnn(C)c3)cnc2N)cc2c1C(=O)N(CC(F)(F)F)CC2. The van der Waals surface area contributed by atoms with Crippen molar-refractivity contribution in [3.8, 4) is 28.0 Å². The number of fused-ring (bicyclic) bond motifs is 1. The van der Waals surface area contributed by atoms with E-state index in [9.17, 15) is 18.0 Å². The smallest absolute Gasteiger partial charge is 0.406 e. The number of nitrogen functional groups attached to an aromatic ring is 1. The van der Waals surface area contributed by atoms with Crippen LogP contribution in [0.5, 0.6) is 5.75 Å². The van der Waals surface area contributed by atoms with Gasteiger partial charge < -0.3 is 15.4 Å². The second-order valence-electron chi connectivity index (χ2n) is 7.36. The molecule has 3 heterocycles. The molecule has 4 rings (SSSR count). The molecule has 0 aliphatic carbocycles. The number of alkyl halides is 3. The number of carbonyl (C=O) groups is 1. The predicted molar refractivity (Wildman–Crippen MR) is 109 cm³/mol. The van der Waals surface area contributed by atoms with Crippen molar-refractivity contribution < 1.29 is 22.7 Å². The summed E-state index contributed by atoms with van der Waals surface area (Å²) in [5.74, 6) is -0.205. The van der Waals surface area contributed by atoms with Crippen molar-refractivity contribution in [1.82, 2.24) is 19.7 Å². The van der Waals surface area contributed by atoms with Gasteiger partial charge in [0.1, 0.15) is 18.1 Å². The molecular weight excluding hydrogens is 411 g/mol. The molecule has 2 N–H and O–H groups in total. The lowest BCUT2D eigenvalue weighted by Crippen LogP contribution is -2.43. The minimum Gasteiger partial charge on any atom is -0.496 e. The zero-order valence-electron chi connectivity index (χ0n) is 16.9. The third-order valence-electron chi connectivity index (χ3n) is 5.19. The van der Waals surface area contributed by atoms with E-state index in [2.05, 4.69) is 10.1 Å². The van der Waals surface area contributed by atoms with Crippen molar-refractivity contribution in [3.63, 3.8) is 0 Å². The van der Waals surface area contributed by atoms with Crippen LogP contribution in [0, 0.1) is 0 Å². The third-order valence-corrected chi connectivity index (χ3v) is 5.19. The van der Waals surface area contributed by atoms with Gasteiger partial charge in [0.15, 0.2) is 0 Å². The summed E-state index contributed by atoms with van der Waals surface area (Å²) in [5, 5.41) is 4.16. The Morgan fingerprint density at radius 2 is 1.94 bits per heavy atom. The number of anilines is 1. The molecule has 1 aliphatic heterocycles. The number of amides is 1. The maximum absolute atomic E-state index is 12.8. The molecule has 7 nitrogen and oxygen atoms in total. The van der Waals surface area contributed by atoms with Crippen molar-refractivity contribution in [3.05, 3.63) is 47.9 Å². The van der Waals surface area contributed by atoms with E-state index in [4.69, 9.17) is 10.5 Å². The highest BCUT2D eigenvalue weighted by atomic mass is 19.4. The van der Waals surface area contributed by atoms with Gasteiger partial charge in [0.25, 0.3) is 5.91 Å². The van der Waals surface area contributed by atoms with E-state index in [1.807, 2.05) is 19.3 Å². The molecule has 31 heavy (non-hydrogen) atoms. The lowest BCUT2D eigenvalue weighted by molar-refractivity contribution is -0.141. The van der Waals surface area contributed by atoms with Gasteiger partial charge in [0, 0.05) is 42.7 Å².